The van der Waals surface area contributed by atoms with Crippen LogP contribution in [0.15, 0.2) is 29.6 Å². The van der Waals surface area contributed by atoms with Crippen molar-refractivity contribution in [3.8, 4) is 16.5 Å². The van der Waals surface area contributed by atoms with Crippen molar-refractivity contribution in [2.45, 2.75) is 18.9 Å². The van der Waals surface area contributed by atoms with Gasteiger partial charge in [-0.3, -0.25) is 4.79 Å². The molecule has 2 aromatic rings. The number of carbonyl (C=O) groups is 2. The van der Waals surface area contributed by atoms with E-state index in [-0.39, 0.29) is 5.91 Å². The van der Waals surface area contributed by atoms with Crippen molar-refractivity contribution in [1.29, 1.82) is 0 Å². The fourth-order valence-electron chi connectivity index (χ4n) is 2.64. The van der Waals surface area contributed by atoms with E-state index in [4.69, 9.17) is 9.47 Å². The molecule has 1 aromatic heterocycles. The lowest BCUT2D eigenvalue weighted by Crippen LogP contribution is -2.42. The summed E-state index contributed by atoms with van der Waals surface area (Å²) in [6.45, 7) is 2.09. The van der Waals surface area contributed by atoms with Gasteiger partial charge in [0.05, 0.1) is 18.9 Å². The number of thiazole rings is 1. The molecule has 136 valence electrons. The highest BCUT2D eigenvalue weighted by Gasteiger charge is 2.24. The molecule has 1 aliphatic heterocycles. The number of aromatic nitrogens is 1. The Bertz CT molecular complexity index is 812. The second kappa shape index (κ2) is 7.43. The predicted octanol–water partition coefficient (Wildman–Crippen LogP) is 2.53. The quantitative estimate of drug-likeness (QED) is 0.891. The van der Waals surface area contributed by atoms with Gasteiger partial charge >= 0.3 is 6.09 Å². The van der Waals surface area contributed by atoms with Crippen molar-refractivity contribution < 1.29 is 19.1 Å². The zero-order valence-corrected chi connectivity index (χ0v) is 15.0. The van der Waals surface area contributed by atoms with Crippen LogP contribution >= 0.6 is 11.3 Å². The molecule has 1 saturated heterocycles. The average Bonchev–Trinajstić information content (AvgIpc) is 3.37. The van der Waals surface area contributed by atoms with Gasteiger partial charge in [0.1, 0.15) is 0 Å². The second-order valence-electron chi connectivity index (χ2n) is 6.29. The number of rotatable bonds is 4. The van der Waals surface area contributed by atoms with E-state index >= 15 is 0 Å². The van der Waals surface area contributed by atoms with Crippen LogP contribution in [0.4, 0.5) is 4.79 Å². The van der Waals surface area contributed by atoms with Gasteiger partial charge in [-0.25, -0.2) is 9.78 Å². The molecule has 0 spiro atoms. The van der Waals surface area contributed by atoms with E-state index < -0.39 is 6.09 Å². The molecule has 0 bridgehead atoms. The first-order chi connectivity index (χ1) is 12.7. The number of ether oxygens (including phenoxy) is 2. The lowest BCUT2D eigenvalue weighted by atomic mass is 10.1. The van der Waals surface area contributed by atoms with Gasteiger partial charge in [-0.05, 0) is 25.0 Å². The monoisotopic (exact) mass is 373 g/mol. The first-order valence-electron chi connectivity index (χ1n) is 8.60. The molecular formula is C18H19N3O4S. The average molecular weight is 373 g/mol. The van der Waals surface area contributed by atoms with E-state index in [1.165, 1.54) is 11.3 Å². The van der Waals surface area contributed by atoms with E-state index in [9.17, 15) is 9.59 Å². The Labute approximate surface area is 154 Å². The first kappa shape index (κ1) is 17.0. The Kier molecular flexibility index (Phi) is 4.85. The molecule has 2 amide bonds. The number of nitrogens with one attached hydrogen (secondary N) is 1. The number of hydrogen-bond donors (Lipinski definition) is 1. The highest BCUT2D eigenvalue weighted by molar-refractivity contribution is 7.11. The van der Waals surface area contributed by atoms with Gasteiger partial charge in [-0.2, -0.15) is 0 Å². The largest absolute Gasteiger partial charge is 0.417 e. The Balaban J connectivity index is 1.43. The van der Waals surface area contributed by atoms with Crippen LogP contribution in [0.3, 0.4) is 0 Å². The van der Waals surface area contributed by atoms with E-state index in [0.717, 1.165) is 18.4 Å². The summed E-state index contributed by atoms with van der Waals surface area (Å²) in [6.07, 6.45) is 1.69. The Hall–Kier alpha value is -2.45. The standard InChI is InChI=1S/C18H19N3O4S/c22-16(19-14-4-5-14)13-3-1-2-12(10-13)15-11-26-17(20-15)25-18(23)21-6-8-24-9-7-21/h1-3,10-11,14H,4-9H2,(H,19,22). The van der Waals surface area contributed by atoms with Crippen LogP contribution in [0.2, 0.25) is 0 Å². The predicted molar refractivity (Wildman–Crippen MR) is 96.5 cm³/mol. The fraction of sp³-hybridized carbons (Fsp3) is 0.389. The highest BCUT2D eigenvalue weighted by atomic mass is 32.1. The summed E-state index contributed by atoms with van der Waals surface area (Å²) >= 11 is 1.26. The number of benzene rings is 1. The maximum Gasteiger partial charge on any atom is 0.417 e. The minimum atomic E-state index is -0.410. The molecule has 0 atom stereocenters. The third-order valence-electron chi connectivity index (χ3n) is 4.26. The normalized spacial score (nSPS) is 17.0. The summed E-state index contributed by atoms with van der Waals surface area (Å²) < 4.78 is 10.6. The minimum absolute atomic E-state index is 0.0662. The van der Waals surface area contributed by atoms with E-state index in [2.05, 4.69) is 10.3 Å². The molecule has 0 unspecified atom stereocenters. The summed E-state index contributed by atoms with van der Waals surface area (Å²) in [7, 11) is 0. The second-order valence-corrected chi connectivity index (χ2v) is 7.12. The van der Waals surface area contributed by atoms with Crippen molar-refractivity contribution in [2.24, 2.45) is 0 Å². The van der Waals surface area contributed by atoms with E-state index in [0.29, 0.717) is 48.8 Å². The number of hydrogen-bond acceptors (Lipinski definition) is 6. The van der Waals surface area contributed by atoms with Gasteiger partial charge < -0.3 is 19.7 Å². The molecular weight excluding hydrogens is 354 g/mol. The molecule has 1 saturated carbocycles. The van der Waals surface area contributed by atoms with Crippen LogP contribution in [0.5, 0.6) is 5.19 Å². The molecule has 1 aliphatic carbocycles. The Morgan fingerprint density at radius 2 is 2.08 bits per heavy atom. The molecule has 2 fully saturated rings. The molecule has 1 N–H and O–H groups in total. The summed E-state index contributed by atoms with van der Waals surface area (Å²) in [5, 5.41) is 5.09. The van der Waals surface area contributed by atoms with Gasteiger partial charge in [0, 0.05) is 35.6 Å². The minimum Gasteiger partial charge on any atom is -0.381 e. The smallest absolute Gasteiger partial charge is 0.381 e. The molecule has 4 rings (SSSR count). The van der Waals surface area contributed by atoms with Crippen LogP contribution in [0, 0.1) is 0 Å². The van der Waals surface area contributed by atoms with Crippen molar-refractivity contribution in [3.05, 3.63) is 35.2 Å². The number of amides is 2. The molecule has 2 aliphatic rings. The van der Waals surface area contributed by atoms with Gasteiger partial charge in [0.25, 0.3) is 11.1 Å². The van der Waals surface area contributed by atoms with Gasteiger partial charge in [-0.1, -0.05) is 23.5 Å². The SMILES string of the molecule is O=C(NC1CC1)c1cccc(-c2csc(OC(=O)N3CCOCC3)n2)c1. The Morgan fingerprint density at radius 1 is 1.27 bits per heavy atom. The van der Waals surface area contributed by atoms with Crippen LogP contribution in [0.25, 0.3) is 11.3 Å². The molecule has 26 heavy (non-hydrogen) atoms. The zero-order valence-electron chi connectivity index (χ0n) is 14.1. The number of nitrogens with zero attached hydrogens (tertiary/aromatic N) is 2. The van der Waals surface area contributed by atoms with Crippen LogP contribution in [-0.4, -0.2) is 54.2 Å². The summed E-state index contributed by atoms with van der Waals surface area (Å²) in [5.74, 6) is -0.0662. The first-order valence-corrected chi connectivity index (χ1v) is 9.48. The van der Waals surface area contributed by atoms with Crippen molar-refractivity contribution in [1.82, 2.24) is 15.2 Å². The van der Waals surface area contributed by atoms with E-state index in [1.54, 1.807) is 17.0 Å². The molecule has 2 heterocycles. The van der Waals surface area contributed by atoms with Crippen molar-refractivity contribution >= 4 is 23.3 Å². The third-order valence-corrected chi connectivity index (χ3v) is 4.98. The lowest BCUT2D eigenvalue weighted by molar-refractivity contribution is 0.0416. The summed E-state index contributed by atoms with van der Waals surface area (Å²) in [6, 6.07) is 7.62. The van der Waals surface area contributed by atoms with E-state index in [1.807, 2.05) is 17.5 Å². The maximum absolute atomic E-state index is 12.2. The third kappa shape index (κ3) is 4.03. The lowest BCUT2D eigenvalue weighted by Gasteiger charge is -2.25. The highest BCUT2D eigenvalue weighted by Crippen LogP contribution is 2.28. The fourth-order valence-corrected chi connectivity index (χ4v) is 3.31. The van der Waals surface area contributed by atoms with Gasteiger partial charge in [0.15, 0.2) is 0 Å². The number of morpholine rings is 1. The molecule has 1 aromatic carbocycles. The van der Waals surface area contributed by atoms with Crippen molar-refractivity contribution in [2.75, 3.05) is 26.3 Å². The van der Waals surface area contributed by atoms with Crippen LogP contribution in [0.1, 0.15) is 23.2 Å². The maximum atomic E-state index is 12.2. The topological polar surface area (TPSA) is 80.8 Å². The Morgan fingerprint density at radius 3 is 2.85 bits per heavy atom. The van der Waals surface area contributed by atoms with Gasteiger partial charge in [-0.15, -0.1) is 0 Å². The van der Waals surface area contributed by atoms with Crippen LogP contribution in [-0.2, 0) is 4.74 Å². The van der Waals surface area contributed by atoms with Crippen LogP contribution < -0.4 is 10.1 Å². The summed E-state index contributed by atoms with van der Waals surface area (Å²) in [5.41, 5.74) is 2.11. The number of carbonyl (C=O) groups excluding carboxylic acids is 2. The van der Waals surface area contributed by atoms with Gasteiger partial charge in [0.2, 0.25) is 0 Å². The molecule has 7 nitrogen and oxygen atoms in total. The summed E-state index contributed by atoms with van der Waals surface area (Å²) in [4.78, 5) is 30.3. The van der Waals surface area contributed by atoms with Crippen molar-refractivity contribution in [3.63, 3.8) is 0 Å². The molecule has 8 heteroatoms. The zero-order chi connectivity index (χ0) is 17.9. The molecule has 0 radical (unpaired) electrons.